The maximum atomic E-state index is 13.5. The summed E-state index contributed by atoms with van der Waals surface area (Å²) in [5.74, 6) is 4.35. The van der Waals surface area contributed by atoms with Crippen LogP contribution in [0.2, 0.25) is 0 Å². The summed E-state index contributed by atoms with van der Waals surface area (Å²) in [7, 11) is 0. The third-order valence-electron chi connectivity index (χ3n) is 10.8. The number of rotatable bonds is 4. The molecule has 2 heterocycles. The highest BCUT2D eigenvalue weighted by atomic mass is 16.3. The molecule has 0 aromatic carbocycles. The van der Waals surface area contributed by atoms with Crippen LogP contribution in [0.1, 0.15) is 78.1 Å². The van der Waals surface area contributed by atoms with Crippen LogP contribution in [0.4, 0.5) is 0 Å². The number of nitrogens with zero attached hydrogens (tertiary/aromatic N) is 3. The first-order valence-electron chi connectivity index (χ1n) is 13.4. The van der Waals surface area contributed by atoms with E-state index in [-0.39, 0.29) is 11.3 Å². The van der Waals surface area contributed by atoms with Crippen molar-refractivity contribution in [3.05, 3.63) is 24.5 Å². The quantitative estimate of drug-likeness (QED) is 0.678. The summed E-state index contributed by atoms with van der Waals surface area (Å²) in [5, 5.41) is 15.5. The average molecular weight is 450 g/mol. The zero-order valence-corrected chi connectivity index (χ0v) is 20.2. The molecule has 2 aromatic heterocycles. The number of aromatic nitrogens is 3. The molecule has 178 valence electrons. The van der Waals surface area contributed by atoms with E-state index in [1.54, 1.807) is 6.20 Å². The van der Waals surface area contributed by atoms with Gasteiger partial charge in [-0.2, -0.15) is 5.10 Å². The van der Waals surface area contributed by atoms with E-state index in [2.05, 4.69) is 23.9 Å². The molecule has 33 heavy (non-hydrogen) atoms. The molecule has 0 aliphatic heterocycles. The number of carbonyl (C=O) groups is 1. The minimum Gasteiger partial charge on any atom is -0.390 e. The van der Waals surface area contributed by atoms with E-state index in [1.807, 2.05) is 23.0 Å². The fraction of sp³-hybridized carbons (Fsp3) is 0.750. The van der Waals surface area contributed by atoms with Gasteiger partial charge in [-0.15, -0.1) is 0 Å². The van der Waals surface area contributed by atoms with Gasteiger partial charge in [-0.05, 0) is 111 Å². The van der Waals surface area contributed by atoms with Crippen molar-refractivity contribution in [2.75, 3.05) is 0 Å². The van der Waals surface area contributed by atoms with Crippen molar-refractivity contribution < 1.29 is 9.90 Å². The molecule has 0 radical (unpaired) electrons. The summed E-state index contributed by atoms with van der Waals surface area (Å²) in [6, 6.07) is 3.85. The standard InChI is InChI=1S/C28H39N3O2/c1-3-28(33)13-11-19-18(15-28)6-7-21-20(19)10-12-27(2)22(21)8-9-23(27)26(32)17-31-16-25-24(30-31)5-4-14-29-25/h4-5,14,16,18-23,33H,3,6-13,15,17H2,1-2H3/t18-,19-,20+,21+,22-,23+,27-,28+/m0/s1. The number of hydrogen-bond donors (Lipinski definition) is 1. The van der Waals surface area contributed by atoms with Crippen LogP contribution in [0.15, 0.2) is 24.5 Å². The topological polar surface area (TPSA) is 68.0 Å². The van der Waals surface area contributed by atoms with Crippen LogP contribution in [0.25, 0.3) is 11.0 Å². The van der Waals surface area contributed by atoms with E-state index in [4.69, 9.17) is 0 Å². The zero-order valence-electron chi connectivity index (χ0n) is 20.2. The van der Waals surface area contributed by atoms with Crippen molar-refractivity contribution in [2.45, 2.75) is 90.2 Å². The summed E-state index contributed by atoms with van der Waals surface area (Å²) in [6.07, 6.45) is 15.1. The summed E-state index contributed by atoms with van der Waals surface area (Å²) >= 11 is 0. The van der Waals surface area contributed by atoms with Crippen LogP contribution < -0.4 is 0 Å². The highest BCUT2D eigenvalue weighted by Gasteiger charge is 2.58. The Morgan fingerprint density at radius 1 is 1.09 bits per heavy atom. The SMILES string of the molecule is CC[C@@]1(O)CC[C@H]2[C@@H](CC[C@@H]3[C@@H]2CC[C@]2(C)[C@@H](C(=O)Cn4cc5ncccc5n4)CC[C@@H]32)C1. The van der Waals surface area contributed by atoms with Crippen LogP contribution in [-0.2, 0) is 11.3 Å². The van der Waals surface area contributed by atoms with Gasteiger partial charge in [0, 0.05) is 12.1 Å². The molecule has 5 nitrogen and oxygen atoms in total. The largest absolute Gasteiger partial charge is 0.390 e. The van der Waals surface area contributed by atoms with Crippen LogP contribution >= 0.6 is 0 Å². The van der Waals surface area contributed by atoms with Gasteiger partial charge in [-0.25, -0.2) is 0 Å². The van der Waals surface area contributed by atoms with Crippen molar-refractivity contribution in [1.82, 2.24) is 14.8 Å². The van der Waals surface area contributed by atoms with Gasteiger partial charge < -0.3 is 5.11 Å². The first-order valence-corrected chi connectivity index (χ1v) is 13.4. The number of carbonyl (C=O) groups excluding carboxylic acids is 1. The second kappa shape index (κ2) is 7.90. The van der Waals surface area contributed by atoms with Crippen molar-refractivity contribution in [3.8, 4) is 0 Å². The molecule has 0 unspecified atom stereocenters. The van der Waals surface area contributed by atoms with Crippen molar-refractivity contribution in [1.29, 1.82) is 0 Å². The minimum atomic E-state index is -0.408. The second-order valence-electron chi connectivity index (χ2n) is 12.1. The molecule has 0 saturated heterocycles. The van der Waals surface area contributed by atoms with E-state index < -0.39 is 5.60 Å². The third kappa shape index (κ3) is 3.48. The lowest BCUT2D eigenvalue weighted by atomic mass is 9.48. The summed E-state index contributed by atoms with van der Waals surface area (Å²) in [5.41, 5.74) is 1.46. The van der Waals surface area contributed by atoms with E-state index in [1.165, 1.54) is 38.5 Å². The van der Waals surface area contributed by atoms with Gasteiger partial charge >= 0.3 is 0 Å². The molecule has 4 saturated carbocycles. The molecule has 4 aliphatic rings. The number of fused-ring (bicyclic) bond motifs is 6. The van der Waals surface area contributed by atoms with E-state index >= 15 is 0 Å². The maximum Gasteiger partial charge on any atom is 0.157 e. The van der Waals surface area contributed by atoms with E-state index in [9.17, 15) is 9.90 Å². The first-order chi connectivity index (χ1) is 15.9. The molecule has 5 heteroatoms. The molecule has 4 aliphatic carbocycles. The second-order valence-corrected chi connectivity index (χ2v) is 12.1. The first kappa shape index (κ1) is 21.8. The van der Waals surface area contributed by atoms with Crippen LogP contribution in [0, 0.1) is 40.9 Å². The van der Waals surface area contributed by atoms with Crippen molar-refractivity contribution in [3.63, 3.8) is 0 Å². The van der Waals surface area contributed by atoms with Crippen LogP contribution in [0.3, 0.4) is 0 Å². The predicted molar refractivity (Wildman–Crippen MR) is 128 cm³/mol. The fourth-order valence-corrected chi connectivity index (χ4v) is 9.06. The van der Waals surface area contributed by atoms with Gasteiger partial charge in [-0.1, -0.05) is 13.8 Å². The van der Waals surface area contributed by atoms with Gasteiger partial charge in [0.15, 0.2) is 5.78 Å². The lowest BCUT2D eigenvalue weighted by Crippen LogP contribution is -2.51. The number of ketones is 1. The van der Waals surface area contributed by atoms with E-state index in [0.29, 0.717) is 18.2 Å². The Hall–Kier alpha value is -1.75. The summed E-state index contributed by atoms with van der Waals surface area (Å²) < 4.78 is 1.81. The normalized spacial score (nSPS) is 42.5. The van der Waals surface area contributed by atoms with Gasteiger partial charge in [0.25, 0.3) is 0 Å². The Morgan fingerprint density at radius 2 is 1.94 bits per heavy atom. The monoisotopic (exact) mass is 449 g/mol. The highest BCUT2D eigenvalue weighted by Crippen LogP contribution is 2.64. The number of hydrogen-bond acceptors (Lipinski definition) is 4. The van der Waals surface area contributed by atoms with Gasteiger partial charge in [0.1, 0.15) is 11.0 Å². The Morgan fingerprint density at radius 3 is 2.76 bits per heavy atom. The van der Waals surface area contributed by atoms with Gasteiger partial charge in [0.2, 0.25) is 0 Å². The number of pyridine rings is 1. The molecule has 0 spiro atoms. The molecule has 0 amide bonds. The average Bonchev–Trinajstić information content (AvgIpc) is 3.38. The maximum absolute atomic E-state index is 13.5. The molecule has 4 fully saturated rings. The molecule has 8 atom stereocenters. The lowest BCUT2D eigenvalue weighted by Gasteiger charge is -2.57. The predicted octanol–water partition coefficient (Wildman–Crippen LogP) is 5.41. The molecular weight excluding hydrogens is 410 g/mol. The smallest absolute Gasteiger partial charge is 0.157 e. The zero-order chi connectivity index (χ0) is 22.8. The van der Waals surface area contributed by atoms with E-state index in [0.717, 1.165) is 60.4 Å². The third-order valence-corrected chi connectivity index (χ3v) is 10.8. The Bertz CT molecular complexity index is 1020. The highest BCUT2D eigenvalue weighted by molar-refractivity contribution is 5.82. The summed E-state index contributed by atoms with van der Waals surface area (Å²) in [4.78, 5) is 17.9. The Labute approximate surface area is 197 Å². The molecule has 2 aromatic rings. The van der Waals surface area contributed by atoms with Crippen molar-refractivity contribution >= 4 is 16.8 Å². The molecule has 1 N–H and O–H groups in total. The summed E-state index contributed by atoms with van der Waals surface area (Å²) in [6.45, 7) is 4.96. The molecule has 6 rings (SSSR count). The number of Topliss-reactive ketones (excluding diaryl/α,β-unsaturated/α-hetero) is 1. The number of aliphatic hydroxyl groups is 1. The minimum absolute atomic E-state index is 0.148. The fourth-order valence-electron chi connectivity index (χ4n) is 9.06. The Balaban J connectivity index is 1.17. The van der Waals surface area contributed by atoms with Crippen molar-refractivity contribution in [2.24, 2.45) is 40.9 Å². The van der Waals surface area contributed by atoms with Gasteiger partial charge in [-0.3, -0.25) is 14.5 Å². The molecular formula is C28H39N3O2. The van der Waals surface area contributed by atoms with Crippen LogP contribution in [-0.4, -0.2) is 31.3 Å². The van der Waals surface area contributed by atoms with Gasteiger partial charge in [0.05, 0.1) is 18.3 Å². The Kier molecular flexibility index (Phi) is 5.21. The van der Waals surface area contributed by atoms with Crippen LogP contribution in [0.5, 0.6) is 0 Å². The lowest BCUT2D eigenvalue weighted by molar-refractivity contribution is -0.133. The molecule has 0 bridgehead atoms.